The Morgan fingerprint density at radius 3 is 2.55 bits per heavy atom. The van der Waals surface area contributed by atoms with Crippen LogP contribution in [0.3, 0.4) is 0 Å². The van der Waals surface area contributed by atoms with Crippen LogP contribution < -0.4 is 5.56 Å². The van der Waals surface area contributed by atoms with Crippen LogP contribution in [0.4, 0.5) is 0 Å². The minimum Gasteiger partial charge on any atom is -0.311 e. The second-order valence-corrected chi connectivity index (χ2v) is 4.77. The molecule has 0 atom stereocenters. The first-order chi connectivity index (χ1) is 9.16. The molecule has 5 heteroatoms. The largest absolute Gasteiger partial charge is 0.311 e. The van der Waals surface area contributed by atoms with E-state index >= 15 is 0 Å². The third-order valence-corrected chi connectivity index (χ3v) is 3.40. The highest BCUT2D eigenvalue weighted by Crippen LogP contribution is 2.22. The molecule has 102 valence electrons. The molecule has 2 aromatic heterocycles. The summed E-state index contributed by atoms with van der Waals surface area (Å²) in [5.41, 5.74) is 2.43. The van der Waals surface area contributed by atoms with Crippen LogP contribution in [-0.2, 0) is 7.05 Å². The number of hydrogen-bond acceptors (Lipinski definition) is 2. The lowest BCUT2D eigenvalue weighted by molar-refractivity contribution is 0.882. The number of fused-ring (bicyclic) bond motifs is 1. The van der Waals surface area contributed by atoms with Gasteiger partial charge in [0.1, 0.15) is 0 Å². The maximum Gasteiger partial charge on any atom is 0.260 e. The summed E-state index contributed by atoms with van der Waals surface area (Å²) in [4.78, 5) is 16.5. The Morgan fingerprint density at radius 1 is 1.15 bits per heavy atom. The summed E-state index contributed by atoms with van der Waals surface area (Å²) < 4.78 is 1.63. The molecule has 3 nitrogen and oxygen atoms in total. The van der Waals surface area contributed by atoms with Gasteiger partial charge in [-0.05, 0) is 35.9 Å². The number of aromatic nitrogens is 2. The zero-order valence-electron chi connectivity index (χ0n) is 10.7. The fourth-order valence-corrected chi connectivity index (χ4v) is 2.25. The van der Waals surface area contributed by atoms with Crippen LogP contribution in [0.5, 0.6) is 0 Å². The van der Waals surface area contributed by atoms with Gasteiger partial charge in [-0.3, -0.25) is 9.78 Å². The van der Waals surface area contributed by atoms with Gasteiger partial charge in [-0.1, -0.05) is 23.7 Å². The van der Waals surface area contributed by atoms with Gasteiger partial charge in [0.25, 0.3) is 5.56 Å². The van der Waals surface area contributed by atoms with Crippen molar-refractivity contribution in [1.29, 1.82) is 0 Å². The lowest BCUT2D eigenvalue weighted by atomic mass is 10.1. The summed E-state index contributed by atoms with van der Waals surface area (Å²) in [6, 6.07) is 12.9. The molecule has 0 spiro atoms. The molecule has 0 amide bonds. The van der Waals surface area contributed by atoms with E-state index < -0.39 is 0 Å². The van der Waals surface area contributed by atoms with Crippen LogP contribution in [0, 0.1) is 0 Å². The van der Waals surface area contributed by atoms with Crippen molar-refractivity contribution in [3.63, 3.8) is 0 Å². The van der Waals surface area contributed by atoms with Crippen molar-refractivity contribution < 1.29 is 0 Å². The normalized spacial score (nSPS) is 10.3. The van der Waals surface area contributed by atoms with E-state index in [1.54, 1.807) is 29.9 Å². The van der Waals surface area contributed by atoms with E-state index in [-0.39, 0.29) is 18.0 Å². The SMILES string of the molecule is Cl.Cn1c(-c2ccc(Cl)cc2)cc2ncccc2c1=O. The number of halogens is 2. The van der Waals surface area contributed by atoms with Gasteiger partial charge in [0, 0.05) is 18.3 Å². The summed E-state index contributed by atoms with van der Waals surface area (Å²) >= 11 is 5.88. The Bertz CT molecular complexity index is 810. The molecule has 2 heterocycles. The zero-order chi connectivity index (χ0) is 13.4. The van der Waals surface area contributed by atoms with Gasteiger partial charge in [0.2, 0.25) is 0 Å². The van der Waals surface area contributed by atoms with Gasteiger partial charge in [-0.2, -0.15) is 0 Å². The Kier molecular flexibility index (Phi) is 4.12. The van der Waals surface area contributed by atoms with E-state index in [0.717, 1.165) is 11.3 Å². The highest BCUT2D eigenvalue weighted by molar-refractivity contribution is 6.30. The molecular weight excluding hydrogens is 295 g/mol. The molecule has 3 rings (SSSR count). The van der Waals surface area contributed by atoms with E-state index in [4.69, 9.17) is 11.6 Å². The molecular formula is C15H12Cl2N2O. The first kappa shape index (κ1) is 14.6. The highest BCUT2D eigenvalue weighted by atomic mass is 35.5. The minimum absolute atomic E-state index is 0. The molecule has 20 heavy (non-hydrogen) atoms. The van der Waals surface area contributed by atoms with Crippen molar-refractivity contribution >= 4 is 34.9 Å². The van der Waals surface area contributed by atoms with E-state index in [1.165, 1.54) is 0 Å². The van der Waals surface area contributed by atoms with Gasteiger partial charge < -0.3 is 4.57 Å². The first-order valence-corrected chi connectivity index (χ1v) is 6.25. The quantitative estimate of drug-likeness (QED) is 0.687. The van der Waals surface area contributed by atoms with Gasteiger partial charge in [-0.25, -0.2) is 0 Å². The fraction of sp³-hybridized carbons (Fsp3) is 0.0667. The molecule has 0 aliphatic heterocycles. The van der Waals surface area contributed by atoms with Crippen molar-refractivity contribution in [2.75, 3.05) is 0 Å². The lowest BCUT2D eigenvalue weighted by Gasteiger charge is -2.10. The Morgan fingerprint density at radius 2 is 1.85 bits per heavy atom. The van der Waals surface area contributed by atoms with Crippen molar-refractivity contribution in [1.82, 2.24) is 9.55 Å². The van der Waals surface area contributed by atoms with Gasteiger partial charge in [0.15, 0.2) is 0 Å². The monoisotopic (exact) mass is 306 g/mol. The topological polar surface area (TPSA) is 34.9 Å². The predicted octanol–water partition coefficient (Wildman–Crippen LogP) is 3.68. The van der Waals surface area contributed by atoms with Crippen molar-refractivity contribution in [3.8, 4) is 11.3 Å². The van der Waals surface area contributed by atoms with Gasteiger partial charge >= 0.3 is 0 Å². The average molecular weight is 307 g/mol. The van der Waals surface area contributed by atoms with E-state index in [2.05, 4.69) is 4.98 Å². The molecule has 0 aliphatic carbocycles. The van der Waals surface area contributed by atoms with Crippen molar-refractivity contribution in [2.24, 2.45) is 7.05 Å². The van der Waals surface area contributed by atoms with Crippen LogP contribution >= 0.6 is 24.0 Å². The van der Waals surface area contributed by atoms with Crippen LogP contribution in [0.25, 0.3) is 22.2 Å². The Labute approximate surface area is 127 Å². The highest BCUT2D eigenvalue weighted by Gasteiger charge is 2.08. The molecule has 0 bridgehead atoms. The molecule has 0 saturated carbocycles. The molecule has 0 radical (unpaired) electrons. The molecule has 0 N–H and O–H groups in total. The third-order valence-electron chi connectivity index (χ3n) is 3.15. The van der Waals surface area contributed by atoms with Crippen molar-refractivity contribution in [3.05, 3.63) is 64.0 Å². The number of benzene rings is 1. The number of pyridine rings is 2. The summed E-state index contributed by atoms with van der Waals surface area (Å²) in [6.07, 6.45) is 1.69. The second-order valence-electron chi connectivity index (χ2n) is 4.34. The number of hydrogen-bond donors (Lipinski definition) is 0. The number of nitrogens with zero attached hydrogens (tertiary/aromatic N) is 2. The maximum atomic E-state index is 12.3. The van der Waals surface area contributed by atoms with E-state index in [1.807, 2.05) is 30.3 Å². The Balaban J connectivity index is 0.00000147. The van der Waals surface area contributed by atoms with Gasteiger partial charge in [-0.15, -0.1) is 12.4 Å². The third kappa shape index (κ3) is 2.42. The summed E-state index contributed by atoms with van der Waals surface area (Å²) in [5, 5.41) is 1.30. The minimum atomic E-state index is -0.0458. The van der Waals surface area contributed by atoms with Crippen LogP contribution in [0.15, 0.2) is 53.5 Å². The van der Waals surface area contributed by atoms with E-state index in [0.29, 0.717) is 15.9 Å². The summed E-state index contributed by atoms with van der Waals surface area (Å²) in [6.45, 7) is 0. The van der Waals surface area contributed by atoms with Crippen LogP contribution in [0.2, 0.25) is 5.02 Å². The average Bonchev–Trinajstić information content (AvgIpc) is 2.44. The lowest BCUT2D eigenvalue weighted by Crippen LogP contribution is -2.18. The van der Waals surface area contributed by atoms with Crippen molar-refractivity contribution in [2.45, 2.75) is 0 Å². The number of rotatable bonds is 1. The molecule has 0 saturated heterocycles. The first-order valence-electron chi connectivity index (χ1n) is 5.87. The molecule has 0 fully saturated rings. The van der Waals surface area contributed by atoms with Crippen LogP contribution in [-0.4, -0.2) is 9.55 Å². The zero-order valence-corrected chi connectivity index (χ0v) is 12.3. The molecule has 3 aromatic rings. The fourth-order valence-electron chi connectivity index (χ4n) is 2.13. The summed E-state index contributed by atoms with van der Waals surface area (Å²) in [5.74, 6) is 0. The Hall–Kier alpha value is -1.84. The second kappa shape index (κ2) is 5.65. The smallest absolute Gasteiger partial charge is 0.260 e. The summed E-state index contributed by atoms with van der Waals surface area (Å²) in [7, 11) is 1.76. The molecule has 1 aromatic carbocycles. The van der Waals surface area contributed by atoms with E-state index in [9.17, 15) is 4.79 Å². The predicted molar refractivity (Wildman–Crippen MR) is 84.7 cm³/mol. The molecule has 0 aliphatic rings. The van der Waals surface area contributed by atoms with Gasteiger partial charge in [0.05, 0.1) is 16.6 Å². The maximum absolute atomic E-state index is 12.3. The van der Waals surface area contributed by atoms with Crippen LogP contribution in [0.1, 0.15) is 0 Å². The molecule has 0 unspecified atom stereocenters. The standard InChI is InChI=1S/C15H11ClN2O.ClH/c1-18-14(10-4-6-11(16)7-5-10)9-13-12(15(18)19)3-2-8-17-13;/h2-9H,1H3;1H.